The molecule has 12 nitrogen and oxygen atoms in total. The second kappa shape index (κ2) is 19.8. The van der Waals surface area contributed by atoms with Gasteiger partial charge >= 0.3 is 0 Å². The highest BCUT2D eigenvalue weighted by Crippen LogP contribution is 2.33. The molecule has 66 heavy (non-hydrogen) atoms. The summed E-state index contributed by atoms with van der Waals surface area (Å²) >= 11 is 0. The van der Waals surface area contributed by atoms with Gasteiger partial charge in [-0.25, -0.2) is 28.7 Å². The van der Waals surface area contributed by atoms with Gasteiger partial charge in [-0.15, -0.1) is 0 Å². The summed E-state index contributed by atoms with van der Waals surface area (Å²) in [5.41, 5.74) is 1.90. The average molecular weight is 889 g/mol. The van der Waals surface area contributed by atoms with Gasteiger partial charge in [0, 0.05) is 64.8 Å². The van der Waals surface area contributed by atoms with Gasteiger partial charge < -0.3 is 19.4 Å². The van der Waals surface area contributed by atoms with Crippen molar-refractivity contribution in [3.63, 3.8) is 0 Å². The number of H-pyrrole nitrogens is 1. The summed E-state index contributed by atoms with van der Waals surface area (Å²) in [5.74, 6) is -1.98. The van der Waals surface area contributed by atoms with Crippen molar-refractivity contribution in [3.05, 3.63) is 201 Å². The van der Waals surface area contributed by atoms with E-state index in [1.807, 2.05) is 12.1 Å². The molecule has 4 aromatic heterocycles. The van der Waals surface area contributed by atoms with Crippen LogP contribution in [-0.2, 0) is 11.3 Å². The van der Waals surface area contributed by atoms with Gasteiger partial charge in [0.15, 0.2) is 11.6 Å². The van der Waals surface area contributed by atoms with E-state index in [2.05, 4.69) is 38.8 Å². The monoisotopic (exact) mass is 888 g/mol. The topological polar surface area (TPSA) is 173 Å². The molecule has 1 fully saturated rings. The van der Waals surface area contributed by atoms with Gasteiger partial charge in [0.25, 0.3) is 11.1 Å². The predicted molar refractivity (Wildman–Crippen MR) is 253 cm³/mol. The van der Waals surface area contributed by atoms with Crippen LogP contribution in [0.15, 0.2) is 156 Å². The second-order valence-electron chi connectivity index (χ2n) is 16.5. The number of carbonyl (C=O) groups is 2. The van der Waals surface area contributed by atoms with E-state index in [0.717, 1.165) is 6.61 Å². The van der Waals surface area contributed by atoms with Crippen LogP contribution in [0.4, 0.5) is 8.78 Å². The smallest absolute Gasteiger partial charge is 0.263 e. The Bertz CT molecular complexity index is 3230. The number of hydrogen-bond acceptors (Lipinski definition) is 10. The van der Waals surface area contributed by atoms with Crippen LogP contribution < -0.4 is 11.1 Å². The molecule has 14 heteroatoms. The lowest BCUT2D eigenvalue weighted by Crippen LogP contribution is -2.35. The van der Waals surface area contributed by atoms with Crippen molar-refractivity contribution in [1.29, 1.82) is 0 Å². The largest absolute Gasteiger partial charge is 0.389 e. The molecule has 0 saturated carbocycles. The molecule has 0 unspecified atom stereocenters. The molecule has 0 atom stereocenters. The molecule has 0 amide bonds. The maximum Gasteiger partial charge on any atom is 0.263 e. The Balaban J connectivity index is 0.000000199. The van der Waals surface area contributed by atoms with Crippen molar-refractivity contribution in [2.75, 3.05) is 6.61 Å². The van der Waals surface area contributed by atoms with Crippen LogP contribution >= 0.6 is 0 Å². The number of hydrogen-bond donors (Lipinski definition) is 2. The first-order valence-corrected chi connectivity index (χ1v) is 20.7. The highest BCUT2D eigenvalue weighted by Gasteiger charge is 2.32. The first-order chi connectivity index (χ1) is 31.6. The van der Waals surface area contributed by atoms with Gasteiger partial charge in [0.1, 0.15) is 24.3 Å². The number of benzene rings is 4. The predicted octanol–water partition coefficient (Wildman–Crippen LogP) is 9.33. The number of ether oxygens (including phenoxy) is 1. The third-order valence-electron chi connectivity index (χ3n) is 10.1. The summed E-state index contributed by atoms with van der Waals surface area (Å²) in [5, 5.41) is 11.3. The van der Waals surface area contributed by atoms with E-state index in [1.165, 1.54) is 90.3 Å². The molecule has 0 bridgehead atoms. The number of nitrogens with zero attached hydrogens (tertiary/aromatic N) is 5. The summed E-state index contributed by atoms with van der Waals surface area (Å²) in [6, 6.07) is 26.1. The van der Waals surface area contributed by atoms with Crippen molar-refractivity contribution >= 4 is 45.5 Å². The number of carbonyl (C=O) groups excluding carboxylic acids is 2. The maximum absolute atomic E-state index is 14.4. The van der Waals surface area contributed by atoms with E-state index in [1.54, 1.807) is 74.8 Å². The minimum atomic E-state index is -1.24. The highest BCUT2D eigenvalue weighted by molar-refractivity contribution is 6.16. The summed E-state index contributed by atoms with van der Waals surface area (Å²) in [7, 11) is 0. The van der Waals surface area contributed by atoms with Gasteiger partial charge in [-0.2, -0.15) is 0 Å². The average Bonchev–Trinajstić information content (AvgIpc) is 4.02. The standard InChI is InChI=1S/C26H22FN3O3.C22H14FN3O2.C4H8O.H2/c1-26(2,33)15-30-21-10-9-19(27)12-20(21)23(18-6-4-3-5-7-18)24(25(30)32)22(31)11-8-17-13-28-16-29-14-17;23-16-7-8-18-17(10-16)20(15-4-2-1-3-5-15)21(22(28)26-18)19(27)9-6-14-11-24-13-25-12-14;1-4(2)3-5-4;/h3-14,16,33H,15H2,1-2H3;1-13H,(H,26,28);3H2,1-2H3;1H/b11-8+;9-6+;;. The minimum absolute atomic E-state index is 0. The molecule has 1 aliphatic heterocycles. The molecule has 1 saturated heterocycles. The molecule has 1 aliphatic rings. The quantitative estimate of drug-likeness (QED) is 0.0766. The molecule has 0 spiro atoms. The minimum Gasteiger partial charge on any atom is -0.389 e. The Kier molecular flexibility index (Phi) is 13.9. The number of fused-ring (bicyclic) bond motifs is 2. The maximum atomic E-state index is 14.4. The highest BCUT2D eigenvalue weighted by atomic mass is 19.1. The number of halogens is 2. The number of epoxide rings is 1. The number of aliphatic hydroxyl groups is 1. The van der Waals surface area contributed by atoms with Crippen molar-refractivity contribution < 1.29 is 29.6 Å². The summed E-state index contributed by atoms with van der Waals surface area (Å²) in [6.45, 7) is 8.17. The fourth-order valence-electron chi connectivity index (χ4n) is 6.96. The van der Waals surface area contributed by atoms with E-state index in [-0.39, 0.29) is 24.7 Å². The molecule has 0 aliphatic carbocycles. The Morgan fingerprint density at radius 1 is 0.742 bits per heavy atom. The Morgan fingerprint density at radius 2 is 1.20 bits per heavy atom. The number of pyridine rings is 2. The molecule has 5 heterocycles. The van der Waals surface area contributed by atoms with Crippen LogP contribution in [-0.4, -0.2) is 64.0 Å². The van der Waals surface area contributed by atoms with Crippen LogP contribution in [0, 0.1) is 11.6 Å². The number of ketones is 2. The molecule has 2 N–H and O–H groups in total. The van der Waals surface area contributed by atoms with E-state index in [4.69, 9.17) is 4.74 Å². The summed E-state index contributed by atoms with van der Waals surface area (Å²) < 4.78 is 34.5. The molecule has 0 radical (unpaired) electrons. The van der Waals surface area contributed by atoms with Crippen molar-refractivity contribution in [1.82, 2.24) is 29.5 Å². The zero-order chi connectivity index (χ0) is 47.0. The number of aromatic nitrogens is 6. The van der Waals surface area contributed by atoms with Crippen LogP contribution in [0.25, 0.3) is 56.2 Å². The number of aromatic amines is 1. The van der Waals surface area contributed by atoms with E-state index >= 15 is 0 Å². The second-order valence-corrected chi connectivity index (χ2v) is 16.5. The molecule has 9 rings (SSSR count). The third kappa shape index (κ3) is 11.4. The first kappa shape index (κ1) is 46.1. The first-order valence-electron chi connectivity index (χ1n) is 20.7. The van der Waals surface area contributed by atoms with Crippen LogP contribution in [0.5, 0.6) is 0 Å². The van der Waals surface area contributed by atoms with Gasteiger partial charge in [-0.05, 0) is 99.5 Å². The van der Waals surface area contributed by atoms with Gasteiger partial charge in [0.2, 0.25) is 0 Å². The molecular weight excluding hydrogens is 843 g/mol. The Labute approximate surface area is 379 Å². The van der Waals surface area contributed by atoms with Gasteiger partial charge in [-0.1, -0.05) is 60.7 Å². The fourth-order valence-corrected chi connectivity index (χ4v) is 6.96. The lowest BCUT2D eigenvalue weighted by molar-refractivity contribution is 0.0616. The fraction of sp³-hybridized carbons (Fsp3) is 0.154. The number of rotatable bonds is 10. The lowest BCUT2D eigenvalue weighted by atomic mass is 9.93. The molecule has 334 valence electrons. The van der Waals surface area contributed by atoms with Crippen molar-refractivity contribution in [3.8, 4) is 22.3 Å². The Hall–Kier alpha value is -7.94. The van der Waals surface area contributed by atoms with Crippen LogP contribution in [0.3, 0.4) is 0 Å². The normalized spacial score (nSPS) is 13.0. The van der Waals surface area contributed by atoms with Crippen LogP contribution in [0.2, 0.25) is 0 Å². The molecule has 4 aromatic carbocycles. The van der Waals surface area contributed by atoms with Crippen molar-refractivity contribution in [2.45, 2.75) is 45.4 Å². The van der Waals surface area contributed by atoms with Crippen LogP contribution in [0.1, 0.15) is 61.0 Å². The van der Waals surface area contributed by atoms with Gasteiger partial charge in [0.05, 0.1) is 41.0 Å². The Morgan fingerprint density at radius 3 is 1.68 bits per heavy atom. The third-order valence-corrected chi connectivity index (χ3v) is 10.1. The number of nitrogens with one attached hydrogen (secondary N) is 1. The van der Waals surface area contributed by atoms with Crippen molar-refractivity contribution in [2.24, 2.45) is 0 Å². The van der Waals surface area contributed by atoms with E-state index in [0.29, 0.717) is 55.2 Å². The molecular formula is C52H46F2N6O6. The molecule has 8 aromatic rings. The zero-order valence-electron chi connectivity index (χ0n) is 36.4. The van der Waals surface area contributed by atoms with E-state index in [9.17, 15) is 33.1 Å². The lowest BCUT2D eigenvalue weighted by Gasteiger charge is -2.23. The summed E-state index contributed by atoms with van der Waals surface area (Å²) in [6.07, 6.45) is 14.6. The van der Waals surface area contributed by atoms with E-state index < -0.39 is 39.9 Å². The number of allylic oxidation sites excluding steroid dienone is 2. The zero-order valence-corrected chi connectivity index (χ0v) is 36.4. The summed E-state index contributed by atoms with van der Waals surface area (Å²) in [4.78, 5) is 71.0. The van der Waals surface area contributed by atoms with Gasteiger partial charge in [-0.3, -0.25) is 19.2 Å². The SMILES string of the molecule is CC(C)(O)Cn1c(=O)c(C(=O)/C=C/c2cncnc2)c(-c2ccccc2)c2cc(F)ccc21.CC1(C)CO1.O=C(/C=C/c1cncnc1)c1c(-c2ccccc2)c2cc(F)ccc2[nH]c1=O.[HH].